The summed E-state index contributed by atoms with van der Waals surface area (Å²) < 4.78 is 13.4. The van der Waals surface area contributed by atoms with Crippen molar-refractivity contribution in [3.05, 3.63) is 34.1 Å². The van der Waals surface area contributed by atoms with Gasteiger partial charge in [0.25, 0.3) is 5.69 Å². The van der Waals surface area contributed by atoms with Gasteiger partial charge < -0.3 is 10.6 Å². The maximum atomic E-state index is 13.4. The number of benzene rings is 1. The van der Waals surface area contributed by atoms with Crippen LogP contribution in [-0.2, 0) is 0 Å². The van der Waals surface area contributed by atoms with Crippen LogP contribution >= 0.6 is 0 Å². The number of non-ortho nitro benzene ring substituents is 1. The molecule has 6 nitrogen and oxygen atoms in total. The lowest BCUT2D eigenvalue weighted by atomic mass is 10.2. The number of halogens is 1. The van der Waals surface area contributed by atoms with Crippen LogP contribution in [0.15, 0.2) is 18.2 Å². The van der Waals surface area contributed by atoms with Gasteiger partial charge in [0.1, 0.15) is 5.82 Å². The molecule has 2 rings (SSSR count). The van der Waals surface area contributed by atoms with Crippen LogP contribution in [0.5, 0.6) is 0 Å². The third kappa shape index (κ3) is 3.40. The number of nitro groups is 1. The maximum Gasteiger partial charge on any atom is 0.319 e. The molecule has 1 saturated carbocycles. The molecule has 1 aliphatic carbocycles. The Morgan fingerprint density at radius 2 is 2.05 bits per heavy atom. The van der Waals surface area contributed by atoms with E-state index in [0.717, 1.165) is 43.9 Å². The highest BCUT2D eigenvalue weighted by Gasteiger charge is 2.18. The number of urea groups is 1. The molecule has 1 aliphatic rings. The van der Waals surface area contributed by atoms with Crippen molar-refractivity contribution in [2.24, 2.45) is 0 Å². The van der Waals surface area contributed by atoms with Gasteiger partial charge in [0, 0.05) is 18.2 Å². The lowest BCUT2D eigenvalue weighted by molar-refractivity contribution is -0.384. The van der Waals surface area contributed by atoms with Gasteiger partial charge in [-0.15, -0.1) is 0 Å². The van der Waals surface area contributed by atoms with E-state index in [9.17, 15) is 19.3 Å². The highest BCUT2D eigenvalue weighted by atomic mass is 19.1. The number of hydrogen-bond donors (Lipinski definition) is 2. The molecule has 0 spiro atoms. The smallest absolute Gasteiger partial charge is 0.319 e. The topological polar surface area (TPSA) is 84.3 Å². The van der Waals surface area contributed by atoms with Crippen molar-refractivity contribution in [1.29, 1.82) is 0 Å². The monoisotopic (exact) mass is 267 g/mol. The molecule has 2 N–H and O–H groups in total. The number of nitrogens with one attached hydrogen (secondary N) is 2. The van der Waals surface area contributed by atoms with Crippen LogP contribution in [0, 0.1) is 15.9 Å². The first-order chi connectivity index (χ1) is 9.06. The first-order valence-electron chi connectivity index (χ1n) is 6.08. The fourth-order valence-electron chi connectivity index (χ4n) is 2.14. The second-order valence-electron chi connectivity index (χ2n) is 4.50. The molecule has 1 aromatic carbocycles. The van der Waals surface area contributed by atoms with Gasteiger partial charge in [-0.2, -0.15) is 0 Å². The average molecular weight is 267 g/mol. The zero-order valence-corrected chi connectivity index (χ0v) is 10.2. The third-order valence-corrected chi connectivity index (χ3v) is 3.10. The number of rotatable bonds is 3. The first kappa shape index (κ1) is 13.3. The van der Waals surface area contributed by atoms with Crippen molar-refractivity contribution in [2.75, 3.05) is 5.32 Å². The summed E-state index contributed by atoms with van der Waals surface area (Å²) in [4.78, 5) is 21.6. The van der Waals surface area contributed by atoms with Crippen LogP contribution in [0.25, 0.3) is 0 Å². The molecule has 0 heterocycles. The Bertz CT molecular complexity index is 501. The van der Waals surface area contributed by atoms with Crippen LogP contribution in [0.2, 0.25) is 0 Å². The van der Waals surface area contributed by atoms with Gasteiger partial charge in [-0.1, -0.05) is 12.8 Å². The Labute approximate surface area is 109 Å². The molecule has 102 valence electrons. The summed E-state index contributed by atoms with van der Waals surface area (Å²) >= 11 is 0. The van der Waals surface area contributed by atoms with E-state index in [-0.39, 0.29) is 17.4 Å². The Kier molecular flexibility index (Phi) is 3.94. The Hall–Kier alpha value is -2.18. The lowest BCUT2D eigenvalue weighted by Crippen LogP contribution is -2.36. The van der Waals surface area contributed by atoms with Crippen molar-refractivity contribution >= 4 is 17.4 Å². The van der Waals surface area contributed by atoms with Gasteiger partial charge >= 0.3 is 6.03 Å². The molecule has 7 heteroatoms. The number of carbonyl (C=O) groups is 1. The van der Waals surface area contributed by atoms with Crippen molar-refractivity contribution in [3.8, 4) is 0 Å². The highest BCUT2D eigenvalue weighted by Crippen LogP contribution is 2.22. The van der Waals surface area contributed by atoms with Gasteiger partial charge in [0.05, 0.1) is 10.6 Å². The van der Waals surface area contributed by atoms with Crippen LogP contribution < -0.4 is 10.6 Å². The third-order valence-electron chi connectivity index (χ3n) is 3.10. The summed E-state index contributed by atoms with van der Waals surface area (Å²) in [5, 5.41) is 15.6. The van der Waals surface area contributed by atoms with E-state index >= 15 is 0 Å². The quantitative estimate of drug-likeness (QED) is 0.652. The average Bonchev–Trinajstić information content (AvgIpc) is 2.84. The Morgan fingerprint density at radius 1 is 1.37 bits per heavy atom. The Morgan fingerprint density at radius 3 is 2.68 bits per heavy atom. The molecule has 0 saturated heterocycles. The zero-order valence-electron chi connectivity index (χ0n) is 10.2. The van der Waals surface area contributed by atoms with Crippen molar-refractivity contribution in [2.45, 2.75) is 31.7 Å². The van der Waals surface area contributed by atoms with E-state index in [1.807, 2.05) is 0 Å². The predicted octanol–water partition coefficient (Wildman–Crippen LogP) is 2.80. The van der Waals surface area contributed by atoms with Crippen LogP contribution in [0.4, 0.5) is 20.6 Å². The van der Waals surface area contributed by atoms with Gasteiger partial charge in [-0.05, 0) is 18.9 Å². The summed E-state index contributed by atoms with van der Waals surface area (Å²) in [5.41, 5.74) is -0.456. The molecule has 0 radical (unpaired) electrons. The maximum absolute atomic E-state index is 13.4. The number of amides is 2. The van der Waals surface area contributed by atoms with Crippen molar-refractivity contribution in [3.63, 3.8) is 0 Å². The molecule has 1 fully saturated rings. The molecule has 2 amide bonds. The van der Waals surface area contributed by atoms with Crippen LogP contribution in [-0.4, -0.2) is 17.0 Å². The van der Waals surface area contributed by atoms with E-state index in [2.05, 4.69) is 10.6 Å². The van der Waals surface area contributed by atoms with Gasteiger partial charge in [-0.25, -0.2) is 9.18 Å². The molecule has 0 unspecified atom stereocenters. The van der Waals surface area contributed by atoms with Crippen molar-refractivity contribution < 1.29 is 14.1 Å². The molecule has 0 atom stereocenters. The minimum atomic E-state index is -0.702. The fourth-order valence-corrected chi connectivity index (χ4v) is 2.14. The minimum Gasteiger partial charge on any atom is -0.335 e. The molecule has 1 aromatic rings. The molecule has 0 aromatic heterocycles. The highest BCUT2D eigenvalue weighted by molar-refractivity contribution is 5.90. The molecule has 0 aliphatic heterocycles. The molecular formula is C12H14FN3O3. The number of nitro benzene ring substituents is 1. The molecule has 0 bridgehead atoms. The van der Waals surface area contributed by atoms with Crippen LogP contribution in [0.1, 0.15) is 25.7 Å². The largest absolute Gasteiger partial charge is 0.335 e. The summed E-state index contributed by atoms with van der Waals surface area (Å²) in [7, 11) is 0. The Balaban J connectivity index is 2.02. The van der Waals surface area contributed by atoms with E-state index < -0.39 is 16.8 Å². The molecular weight excluding hydrogens is 253 g/mol. The standard InChI is InChI=1S/C12H14FN3O3/c13-10-6-5-9(16(18)19)7-11(10)15-12(17)14-8-3-1-2-4-8/h5-8H,1-4H2,(H2,14,15,17). The van der Waals surface area contributed by atoms with E-state index in [4.69, 9.17) is 0 Å². The normalized spacial score (nSPS) is 15.2. The number of hydrogen-bond acceptors (Lipinski definition) is 3. The zero-order chi connectivity index (χ0) is 13.8. The molecule has 19 heavy (non-hydrogen) atoms. The summed E-state index contributed by atoms with van der Waals surface area (Å²) in [6.45, 7) is 0. The van der Waals surface area contributed by atoms with E-state index in [0.29, 0.717) is 0 Å². The first-order valence-corrected chi connectivity index (χ1v) is 6.08. The second-order valence-corrected chi connectivity index (χ2v) is 4.50. The van der Waals surface area contributed by atoms with Crippen molar-refractivity contribution in [1.82, 2.24) is 5.32 Å². The SMILES string of the molecule is O=C(Nc1cc([N+](=O)[O-])ccc1F)NC1CCCC1. The number of carbonyl (C=O) groups excluding carboxylic acids is 1. The summed E-state index contributed by atoms with van der Waals surface area (Å²) in [6.07, 6.45) is 3.95. The number of nitrogens with zero attached hydrogens (tertiary/aromatic N) is 1. The second kappa shape index (κ2) is 5.64. The van der Waals surface area contributed by atoms with E-state index in [1.165, 1.54) is 0 Å². The van der Waals surface area contributed by atoms with E-state index in [1.54, 1.807) is 0 Å². The summed E-state index contributed by atoms with van der Waals surface area (Å²) in [5.74, 6) is -0.702. The fraction of sp³-hybridized carbons (Fsp3) is 0.417. The minimum absolute atomic E-state index is 0.0989. The lowest BCUT2D eigenvalue weighted by Gasteiger charge is -2.13. The van der Waals surface area contributed by atoms with Gasteiger partial charge in [0.15, 0.2) is 0 Å². The van der Waals surface area contributed by atoms with Crippen LogP contribution in [0.3, 0.4) is 0 Å². The van der Waals surface area contributed by atoms with Gasteiger partial charge in [-0.3, -0.25) is 10.1 Å². The predicted molar refractivity (Wildman–Crippen MR) is 67.5 cm³/mol. The van der Waals surface area contributed by atoms with Gasteiger partial charge in [0.2, 0.25) is 0 Å². The summed E-state index contributed by atoms with van der Waals surface area (Å²) in [6, 6.07) is 2.58. The number of anilines is 1.